The molecule has 0 saturated carbocycles. The molecule has 2 aliphatic rings. The first-order chi connectivity index (χ1) is 11.4. The van der Waals surface area contributed by atoms with Gasteiger partial charge in [0.15, 0.2) is 9.84 Å². The first kappa shape index (κ1) is 17.0. The van der Waals surface area contributed by atoms with Gasteiger partial charge in [-0.3, -0.25) is 9.59 Å². The predicted molar refractivity (Wildman–Crippen MR) is 89.6 cm³/mol. The number of rotatable bonds is 1. The molecule has 1 fully saturated rings. The summed E-state index contributed by atoms with van der Waals surface area (Å²) in [6, 6.07) is 4.90. The maximum Gasteiger partial charge on any atom is 0.253 e. The van der Waals surface area contributed by atoms with Gasteiger partial charge in [0.2, 0.25) is 5.91 Å². The maximum absolute atomic E-state index is 12.7. The van der Waals surface area contributed by atoms with Gasteiger partial charge in [0.25, 0.3) is 5.91 Å². The lowest BCUT2D eigenvalue weighted by atomic mass is 10.1. The van der Waals surface area contributed by atoms with Crippen molar-refractivity contribution in [3.8, 4) is 0 Å². The Bertz CT molecular complexity index is 773. The Balaban J connectivity index is 1.80. The van der Waals surface area contributed by atoms with Gasteiger partial charge in [-0.25, -0.2) is 8.42 Å². The van der Waals surface area contributed by atoms with Crippen molar-refractivity contribution in [3.05, 3.63) is 29.3 Å². The molecule has 0 unspecified atom stereocenters. The van der Waals surface area contributed by atoms with E-state index in [1.807, 2.05) is 0 Å². The van der Waals surface area contributed by atoms with Gasteiger partial charge in [-0.15, -0.1) is 0 Å². The fourth-order valence-electron chi connectivity index (χ4n) is 3.39. The molecule has 7 heteroatoms. The lowest BCUT2D eigenvalue weighted by Crippen LogP contribution is -2.36. The van der Waals surface area contributed by atoms with Crippen LogP contribution in [0.3, 0.4) is 0 Å². The molecule has 1 aromatic carbocycles. The Labute approximate surface area is 142 Å². The normalized spacial score (nSPS) is 20.2. The van der Waals surface area contributed by atoms with Crippen LogP contribution in [0.15, 0.2) is 23.1 Å². The molecule has 3 rings (SSSR count). The number of nitrogens with zero attached hydrogens (tertiary/aromatic N) is 2. The van der Waals surface area contributed by atoms with Crippen molar-refractivity contribution in [2.45, 2.75) is 31.1 Å². The zero-order valence-corrected chi connectivity index (χ0v) is 14.6. The van der Waals surface area contributed by atoms with Gasteiger partial charge in [0, 0.05) is 38.7 Å². The van der Waals surface area contributed by atoms with Crippen molar-refractivity contribution in [2.24, 2.45) is 0 Å². The molecule has 0 N–H and O–H groups in total. The minimum Gasteiger partial charge on any atom is -0.341 e. The average Bonchev–Trinajstić information content (AvgIpc) is 2.79. The number of benzene rings is 1. The van der Waals surface area contributed by atoms with Gasteiger partial charge in [-0.2, -0.15) is 0 Å². The van der Waals surface area contributed by atoms with Crippen molar-refractivity contribution >= 4 is 21.7 Å². The second-order valence-corrected chi connectivity index (χ2v) is 8.47. The highest BCUT2D eigenvalue weighted by atomic mass is 32.2. The summed E-state index contributed by atoms with van der Waals surface area (Å²) in [5, 5.41) is 0. The van der Waals surface area contributed by atoms with Crippen molar-refractivity contribution in [1.29, 1.82) is 0 Å². The van der Waals surface area contributed by atoms with Crippen molar-refractivity contribution in [3.63, 3.8) is 0 Å². The Morgan fingerprint density at radius 3 is 2.46 bits per heavy atom. The van der Waals surface area contributed by atoms with E-state index in [4.69, 9.17) is 0 Å². The summed E-state index contributed by atoms with van der Waals surface area (Å²) in [6.45, 7) is 3.87. The molecular weight excluding hydrogens is 328 g/mol. The molecule has 0 aliphatic carbocycles. The van der Waals surface area contributed by atoms with Crippen LogP contribution in [0.2, 0.25) is 0 Å². The third-order valence-corrected chi connectivity index (χ3v) is 6.62. The van der Waals surface area contributed by atoms with Crippen LogP contribution in [0, 0.1) is 0 Å². The van der Waals surface area contributed by atoms with E-state index in [-0.39, 0.29) is 17.6 Å². The predicted octanol–water partition coefficient (Wildman–Crippen LogP) is 1.10. The molecule has 0 aromatic heterocycles. The van der Waals surface area contributed by atoms with E-state index in [9.17, 15) is 18.0 Å². The van der Waals surface area contributed by atoms with Crippen LogP contribution in [-0.2, 0) is 21.1 Å². The molecular formula is C17H22N2O4S. The summed E-state index contributed by atoms with van der Waals surface area (Å²) in [6.07, 6.45) is 2.04. The third kappa shape index (κ3) is 3.31. The number of sulfone groups is 1. The molecule has 24 heavy (non-hydrogen) atoms. The van der Waals surface area contributed by atoms with Crippen molar-refractivity contribution in [2.75, 3.05) is 31.9 Å². The quantitative estimate of drug-likeness (QED) is 0.760. The minimum absolute atomic E-state index is 0.0308. The molecule has 0 radical (unpaired) electrons. The Kier molecular flexibility index (Phi) is 4.62. The Morgan fingerprint density at radius 1 is 1.00 bits per heavy atom. The Morgan fingerprint density at radius 2 is 1.71 bits per heavy atom. The maximum atomic E-state index is 12.7. The zero-order valence-electron chi connectivity index (χ0n) is 13.8. The van der Waals surface area contributed by atoms with E-state index in [0.717, 1.165) is 12.0 Å². The van der Waals surface area contributed by atoms with Crippen molar-refractivity contribution in [1.82, 2.24) is 9.80 Å². The van der Waals surface area contributed by atoms with Gasteiger partial charge in [-0.05, 0) is 43.0 Å². The van der Waals surface area contributed by atoms with Crippen LogP contribution in [0.5, 0.6) is 0 Å². The molecule has 0 bridgehead atoms. The number of carbonyl (C=O) groups excluding carboxylic acids is 2. The molecule has 0 atom stereocenters. The molecule has 2 amide bonds. The van der Waals surface area contributed by atoms with Gasteiger partial charge >= 0.3 is 0 Å². The molecule has 2 aliphatic heterocycles. The molecule has 0 spiro atoms. The number of carbonyl (C=O) groups is 2. The second-order valence-electron chi connectivity index (χ2n) is 6.40. The number of hydrogen-bond acceptors (Lipinski definition) is 4. The van der Waals surface area contributed by atoms with Crippen LogP contribution in [0.1, 0.15) is 35.7 Å². The van der Waals surface area contributed by atoms with Crippen LogP contribution < -0.4 is 0 Å². The lowest BCUT2D eigenvalue weighted by molar-refractivity contribution is -0.128. The number of hydrogen-bond donors (Lipinski definition) is 0. The summed E-state index contributed by atoms with van der Waals surface area (Å²) in [5.74, 6) is 0.120. The molecule has 1 aromatic rings. The van der Waals surface area contributed by atoms with E-state index < -0.39 is 9.84 Å². The average molecular weight is 350 g/mol. The molecule has 1 saturated heterocycles. The van der Waals surface area contributed by atoms with Gasteiger partial charge in [0.1, 0.15) is 0 Å². The highest BCUT2D eigenvalue weighted by molar-refractivity contribution is 7.91. The standard InChI is InChI=1S/C17H22N2O4S/c1-13(20)18-7-3-8-19(10-9-18)17(21)15-5-6-16-14(12-15)4-2-11-24(16,22)23/h5-6,12H,2-4,7-11H2,1H3. The van der Waals surface area contributed by atoms with Crippen molar-refractivity contribution < 1.29 is 18.0 Å². The summed E-state index contributed by atoms with van der Waals surface area (Å²) in [5.41, 5.74) is 1.27. The van der Waals surface area contributed by atoms with Crippen LogP contribution in [-0.4, -0.2) is 62.0 Å². The third-order valence-electron chi connectivity index (χ3n) is 4.73. The van der Waals surface area contributed by atoms with Crippen LogP contribution in [0.25, 0.3) is 0 Å². The summed E-state index contributed by atoms with van der Waals surface area (Å²) in [7, 11) is -3.20. The fourth-order valence-corrected chi connectivity index (χ4v) is 4.97. The minimum atomic E-state index is -3.20. The van der Waals surface area contributed by atoms with Gasteiger partial charge in [0.05, 0.1) is 10.6 Å². The van der Waals surface area contributed by atoms with Crippen LogP contribution in [0.4, 0.5) is 0 Å². The topological polar surface area (TPSA) is 74.8 Å². The molecule has 130 valence electrons. The highest BCUT2D eigenvalue weighted by Crippen LogP contribution is 2.26. The SMILES string of the molecule is CC(=O)N1CCCN(C(=O)c2ccc3c(c2)CCCS3(=O)=O)CC1. The largest absolute Gasteiger partial charge is 0.341 e. The second kappa shape index (κ2) is 6.55. The van der Waals surface area contributed by atoms with E-state index >= 15 is 0 Å². The van der Waals surface area contributed by atoms with Gasteiger partial charge in [-0.1, -0.05) is 0 Å². The highest BCUT2D eigenvalue weighted by Gasteiger charge is 2.26. The van der Waals surface area contributed by atoms with E-state index in [1.54, 1.807) is 34.9 Å². The summed E-state index contributed by atoms with van der Waals surface area (Å²) < 4.78 is 24.1. The van der Waals surface area contributed by atoms with Crippen LogP contribution >= 0.6 is 0 Å². The fraction of sp³-hybridized carbons (Fsp3) is 0.529. The first-order valence-electron chi connectivity index (χ1n) is 8.29. The van der Waals surface area contributed by atoms with E-state index in [2.05, 4.69) is 0 Å². The zero-order chi connectivity index (χ0) is 17.3. The monoisotopic (exact) mass is 350 g/mol. The molecule has 2 heterocycles. The number of amides is 2. The number of aryl methyl sites for hydroxylation is 1. The first-order valence-corrected chi connectivity index (χ1v) is 9.94. The smallest absolute Gasteiger partial charge is 0.253 e. The Hall–Kier alpha value is -1.89. The summed E-state index contributed by atoms with van der Waals surface area (Å²) >= 11 is 0. The molecule has 6 nitrogen and oxygen atoms in total. The van der Waals surface area contributed by atoms with E-state index in [1.165, 1.54) is 0 Å². The van der Waals surface area contributed by atoms with E-state index in [0.29, 0.717) is 49.5 Å². The summed E-state index contributed by atoms with van der Waals surface area (Å²) in [4.78, 5) is 28.1. The van der Waals surface area contributed by atoms with Gasteiger partial charge < -0.3 is 9.80 Å². The number of fused-ring (bicyclic) bond motifs is 1. The lowest BCUT2D eigenvalue weighted by Gasteiger charge is -2.23.